The Kier molecular flexibility index (Phi) is 5.28. The lowest BCUT2D eigenvalue weighted by Crippen LogP contribution is -2.50. The van der Waals surface area contributed by atoms with Crippen LogP contribution in [0.3, 0.4) is 0 Å². The summed E-state index contributed by atoms with van der Waals surface area (Å²) in [5.74, 6) is -0.171. The number of aromatic nitrogens is 1. The molecule has 0 bridgehead atoms. The van der Waals surface area contributed by atoms with E-state index in [0.717, 1.165) is 36.0 Å². The number of hydrogen-bond acceptors (Lipinski definition) is 3. The van der Waals surface area contributed by atoms with Crippen LogP contribution in [0.5, 0.6) is 0 Å². The van der Waals surface area contributed by atoms with Crippen LogP contribution in [0.1, 0.15) is 52.9 Å². The molecule has 2 aromatic carbocycles. The Labute approximate surface area is 173 Å². The third kappa shape index (κ3) is 3.79. The molecule has 0 unspecified atom stereocenters. The number of amides is 1. The molecule has 0 aliphatic heterocycles. The first-order chi connectivity index (χ1) is 14.5. The monoisotopic (exact) mass is 403 g/mol. The summed E-state index contributed by atoms with van der Waals surface area (Å²) in [5, 5.41) is 12.1. The Bertz CT molecular complexity index is 1080. The lowest BCUT2D eigenvalue weighted by Gasteiger charge is -2.43. The summed E-state index contributed by atoms with van der Waals surface area (Å²) in [4.78, 5) is 16.5. The van der Waals surface area contributed by atoms with Gasteiger partial charge in [0, 0.05) is 17.3 Å². The van der Waals surface area contributed by atoms with Crippen LogP contribution >= 0.6 is 0 Å². The van der Waals surface area contributed by atoms with Gasteiger partial charge in [0.1, 0.15) is 5.69 Å². The van der Waals surface area contributed by atoms with Crippen molar-refractivity contribution >= 4 is 5.91 Å². The van der Waals surface area contributed by atoms with E-state index in [1.165, 1.54) is 12.3 Å². The normalized spacial score (nSPS) is 14.6. The molecule has 1 amide bonds. The molecular formula is C24H19F2N3O. The molecular weight excluding hydrogens is 384 g/mol. The minimum absolute atomic E-state index is 0.171. The topological polar surface area (TPSA) is 65.8 Å². The molecule has 0 spiro atoms. The lowest BCUT2D eigenvalue weighted by atomic mass is 9.71. The summed E-state index contributed by atoms with van der Waals surface area (Å²) in [6, 6.07) is 19.3. The van der Waals surface area contributed by atoms with E-state index in [-0.39, 0.29) is 11.6 Å². The second-order valence-electron chi connectivity index (χ2n) is 7.43. The fourth-order valence-electron chi connectivity index (χ4n) is 3.69. The SMILES string of the molecule is N#Cc1ccc(C(=O)NC2(c3ccc(-c4ccc(C(F)F)nc4)cc3)CCC2)cc1. The molecule has 0 saturated heterocycles. The van der Waals surface area contributed by atoms with Gasteiger partial charge < -0.3 is 5.32 Å². The Morgan fingerprint density at radius 1 is 1.00 bits per heavy atom. The number of carbonyl (C=O) groups excluding carboxylic acids is 1. The van der Waals surface area contributed by atoms with E-state index in [9.17, 15) is 13.6 Å². The molecule has 4 nitrogen and oxygen atoms in total. The molecule has 0 radical (unpaired) electrons. The number of carbonyl (C=O) groups is 1. The average molecular weight is 403 g/mol. The van der Waals surface area contributed by atoms with Gasteiger partial charge in [-0.15, -0.1) is 0 Å². The van der Waals surface area contributed by atoms with E-state index >= 15 is 0 Å². The van der Waals surface area contributed by atoms with Gasteiger partial charge in [-0.25, -0.2) is 8.78 Å². The summed E-state index contributed by atoms with van der Waals surface area (Å²) in [6.07, 6.45) is 1.58. The first-order valence-electron chi connectivity index (χ1n) is 9.68. The number of nitrogens with one attached hydrogen (secondary N) is 1. The van der Waals surface area contributed by atoms with Crippen LogP contribution in [-0.2, 0) is 5.54 Å². The van der Waals surface area contributed by atoms with Crippen LogP contribution in [-0.4, -0.2) is 10.9 Å². The minimum Gasteiger partial charge on any atom is -0.343 e. The third-order valence-corrected chi connectivity index (χ3v) is 5.62. The minimum atomic E-state index is -2.58. The van der Waals surface area contributed by atoms with Gasteiger partial charge in [0.15, 0.2) is 0 Å². The van der Waals surface area contributed by atoms with Crippen LogP contribution in [0.25, 0.3) is 11.1 Å². The fourth-order valence-corrected chi connectivity index (χ4v) is 3.69. The highest BCUT2D eigenvalue weighted by atomic mass is 19.3. The quantitative estimate of drug-likeness (QED) is 0.623. The molecule has 1 aliphatic rings. The summed E-state index contributed by atoms with van der Waals surface area (Å²) < 4.78 is 25.4. The second-order valence-corrected chi connectivity index (χ2v) is 7.43. The summed E-state index contributed by atoms with van der Waals surface area (Å²) in [6.45, 7) is 0. The Morgan fingerprint density at radius 2 is 1.67 bits per heavy atom. The molecule has 30 heavy (non-hydrogen) atoms. The first kappa shape index (κ1) is 19.7. The molecule has 3 aromatic rings. The number of alkyl halides is 2. The lowest BCUT2D eigenvalue weighted by molar-refractivity contribution is 0.0823. The molecule has 1 heterocycles. The average Bonchev–Trinajstić information content (AvgIpc) is 2.76. The molecule has 1 aromatic heterocycles. The van der Waals surface area contributed by atoms with Crippen molar-refractivity contribution in [1.29, 1.82) is 5.26 Å². The van der Waals surface area contributed by atoms with Crippen molar-refractivity contribution < 1.29 is 13.6 Å². The van der Waals surface area contributed by atoms with Gasteiger partial charge in [-0.3, -0.25) is 9.78 Å². The number of rotatable bonds is 5. The Balaban J connectivity index is 1.52. The predicted molar refractivity (Wildman–Crippen MR) is 109 cm³/mol. The maximum absolute atomic E-state index is 12.7. The molecule has 1 aliphatic carbocycles. The number of nitrogens with zero attached hydrogens (tertiary/aromatic N) is 2. The molecule has 1 saturated carbocycles. The predicted octanol–water partition coefficient (Wildman–Crippen LogP) is 5.37. The van der Waals surface area contributed by atoms with E-state index in [0.29, 0.717) is 11.1 Å². The van der Waals surface area contributed by atoms with Crippen LogP contribution in [0.2, 0.25) is 0 Å². The summed E-state index contributed by atoms with van der Waals surface area (Å²) >= 11 is 0. The number of benzene rings is 2. The highest BCUT2D eigenvalue weighted by Gasteiger charge is 2.40. The van der Waals surface area contributed by atoms with Crippen molar-refractivity contribution in [3.63, 3.8) is 0 Å². The molecule has 1 N–H and O–H groups in total. The van der Waals surface area contributed by atoms with Crippen LogP contribution in [0.15, 0.2) is 66.9 Å². The van der Waals surface area contributed by atoms with Gasteiger partial charge in [0.25, 0.3) is 12.3 Å². The van der Waals surface area contributed by atoms with Crippen LogP contribution in [0, 0.1) is 11.3 Å². The van der Waals surface area contributed by atoms with Crippen molar-refractivity contribution in [3.8, 4) is 17.2 Å². The number of pyridine rings is 1. The highest BCUT2D eigenvalue weighted by Crippen LogP contribution is 2.42. The number of nitriles is 1. The standard InChI is InChI=1S/C24H19F2N3O/c25-22(26)21-11-8-19(15-28-21)17-6-9-20(10-7-17)24(12-1-13-24)29-23(30)18-4-2-16(14-27)3-5-18/h2-11,15,22H,1,12-13H2,(H,29,30). The van der Waals surface area contributed by atoms with Crippen LogP contribution < -0.4 is 5.32 Å². The van der Waals surface area contributed by atoms with Crippen molar-refractivity contribution in [2.24, 2.45) is 0 Å². The summed E-state index contributed by atoms with van der Waals surface area (Å²) in [5.41, 5.74) is 3.01. The Morgan fingerprint density at radius 3 is 2.17 bits per heavy atom. The van der Waals surface area contributed by atoms with E-state index in [4.69, 9.17) is 5.26 Å². The molecule has 0 atom stereocenters. The van der Waals surface area contributed by atoms with Crippen molar-refractivity contribution in [3.05, 3.63) is 89.2 Å². The first-order valence-corrected chi connectivity index (χ1v) is 9.68. The van der Waals surface area contributed by atoms with Gasteiger partial charge in [-0.05, 0) is 60.7 Å². The highest BCUT2D eigenvalue weighted by molar-refractivity contribution is 5.95. The van der Waals surface area contributed by atoms with E-state index < -0.39 is 12.0 Å². The molecule has 1 fully saturated rings. The van der Waals surface area contributed by atoms with Gasteiger partial charge in [0.05, 0.1) is 17.2 Å². The molecule has 150 valence electrons. The third-order valence-electron chi connectivity index (χ3n) is 5.62. The van der Waals surface area contributed by atoms with Gasteiger partial charge in [-0.2, -0.15) is 5.26 Å². The van der Waals surface area contributed by atoms with Gasteiger partial charge >= 0.3 is 0 Å². The van der Waals surface area contributed by atoms with E-state index in [1.807, 2.05) is 30.3 Å². The summed E-state index contributed by atoms with van der Waals surface area (Å²) in [7, 11) is 0. The van der Waals surface area contributed by atoms with Gasteiger partial charge in [-0.1, -0.05) is 30.3 Å². The maximum Gasteiger partial charge on any atom is 0.280 e. The zero-order chi connectivity index (χ0) is 21.1. The number of hydrogen-bond donors (Lipinski definition) is 1. The zero-order valence-electron chi connectivity index (χ0n) is 16.1. The largest absolute Gasteiger partial charge is 0.343 e. The Hall–Kier alpha value is -3.59. The maximum atomic E-state index is 12.7. The van der Waals surface area contributed by atoms with Gasteiger partial charge in [0.2, 0.25) is 0 Å². The van der Waals surface area contributed by atoms with Crippen LogP contribution in [0.4, 0.5) is 8.78 Å². The molecule has 6 heteroatoms. The second kappa shape index (κ2) is 8.03. The number of halogens is 2. The fraction of sp³-hybridized carbons (Fsp3) is 0.208. The smallest absolute Gasteiger partial charge is 0.280 e. The zero-order valence-corrected chi connectivity index (χ0v) is 16.1. The van der Waals surface area contributed by atoms with E-state index in [1.54, 1.807) is 30.3 Å². The van der Waals surface area contributed by atoms with Crippen molar-refractivity contribution in [2.75, 3.05) is 0 Å². The van der Waals surface area contributed by atoms with E-state index in [2.05, 4.69) is 10.3 Å². The van der Waals surface area contributed by atoms with Crippen molar-refractivity contribution in [2.45, 2.75) is 31.2 Å². The molecule has 4 rings (SSSR count). The van der Waals surface area contributed by atoms with Crippen molar-refractivity contribution in [1.82, 2.24) is 10.3 Å².